The largest absolute Gasteiger partial charge is 0.444 e. The summed E-state index contributed by atoms with van der Waals surface area (Å²) < 4.78 is 31.7. The molecule has 0 atom stereocenters. The summed E-state index contributed by atoms with van der Waals surface area (Å²) in [4.78, 5) is 25.5. The Morgan fingerprint density at radius 1 is 1.19 bits per heavy atom. The van der Waals surface area contributed by atoms with Crippen LogP contribution in [0.1, 0.15) is 59.8 Å². The first-order valence-corrected chi connectivity index (χ1v) is 10.9. The number of likely N-dealkylation sites (tertiary alicyclic amines) is 1. The molecule has 1 fully saturated rings. The molecule has 0 bridgehead atoms. The van der Waals surface area contributed by atoms with Crippen molar-refractivity contribution in [3.8, 4) is 0 Å². The van der Waals surface area contributed by atoms with Gasteiger partial charge in [-0.3, -0.25) is 4.79 Å². The lowest BCUT2D eigenvalue weighted by Gasteiger charge is -2.32. The molecule has 1 rings (SSSR count). The molecule has 0 aromatic heterocycles. The van der Waals surface area contributed by atoms with E-state index in [1.54, 1.807) is 25.7 Å². The van der Waals surface area contributed by atoms with Crippen LogP contribution >= 0.6 is 0 Å². The van der Waals surface area contributed by atoms with Crippen LogP contribution in [0.5, 0.6) is 0 Å². The first-order chi connectivity index (χ1) is 12.0. The van der Waals surface area contributed by atoms with E-state index in [9.17, 15) is 18.0 Å². The zero-order valence-corrected chi connectivity index (χ0v) is 17.2. The van der Waals surface area contributed by atoms with Crippen molar-refractivity contribution in [2.24, 2.45) is 0 Å². The van der Waals surface area contributed by atoms with E-state index >= 15 is 0 Å². The molecule has 152 valence electrons. The van der Waals surface area contributed by atoms with Gasteiger partial charge in [-0.15, -0.1) is 0 Å². The van der Waals surface area contributed by atoms with Gasteiger partial charge in [-0.05, 0) is 40.0 Å². The summed E-state index contributed by atoms with van der Waals surface area (Å²) in [7, 11) is -3.23. The highest BCUT2D eigenvalue weighted by molar-refractivity contribution is 7.89. The summed E-state index contributed by atoms with van der Waals surface area (Å²) in [5.41, 5.74) is -0.569. The minimum atomic E-state index is -3.23. The number of carbonyl (C=O) groups is 2. The lowest BCUT2D eigenvalue weighted by molar-refractivity contribution is -0.132. The number of alkyl carbamates (subject to hydrolysis) is 1. The van der Waals surface area contributed by atoms with Crippen LogP contribution in [-0.2, 0) is 19.6 Å². The van der Waals surface area contributed by atoms with E-state index in [-0.39, 0.29) is 30.7 Å². The summed E-state index contributed by atoms with van der Waals surface area (Å²) in [6, 6.07) is -0.110. The van der Waals surface area contributed by atoms with Crippen molar-refractivity contribution in [3.63, 3.8) is 0 Å². The fourth-order valence-electron chi connectivity index (χ4n) is 2.64. The fraction of sp³-hybridized carbons (Fsp3) is 0.882. The molecule has 1 heterocycles. The van der Waals surface area contributed by atoms with Gasteiger partial charge in [0, 0.05) is 32.1 Å². The number of unbranched alkanes of at least 4 members (excludes halogenated alkanes) is 1. The molecular weight excluding hydrogens is 358 g/mol. The van der Waals surface area contributed by atoms with Gasteiger partial charge in [0.15, 0.2) is 0 Å². The van der Waals surface area contributed by atoms with Crippen molar-refractivity contribution >= 4 is 22.0 Å². The number of hydrogen-bond donors (Lipinski definition) is 2. The second-order valence-corrected chi connectivity index (χ2v) is 9.50. The number of nitrogens with zero attached hydrogens (tertiary/aromatic N) is 1. The molecule has 2 amide bonds. The Morgan fingerprint density at radius 3 is 2.35 bits per heavy atom. The summed E-state index contributed by atoms with van der Waals surface area (Å²) >= 11 is 0. The number of nitrogens with one attached hydrogen (secondary N) is 2. The van der Waals surface area contributed by atoms with E-state index in [0.717, 1.165) is 6.42 Å². The number of rotatable bonds is 8. The molecule has 1 aliphatic rings. The lowest BCUT2D eigenvalue weighted by Crippen LogP contribution is -2.47. The van der Waals surface area contributed by atoms with Gasteiger partial charge in [0.1, 0.15) is 5.60 Å². The number of carbonyl (C=O) groups excluding carboxylic acids is 2. The molecule has 0 aromatic rings. The van der Waals surface area contributed by atoms with Crippen molar-refractivity contribution < 1.29 is 22.7 Å². The molecule has 2 N–H and O–H groups in total. The highest BCUT2D eigenvalue weighted by Gasteiger charge is 2.25. The monoisotopic (exact) mass is 391 g/mol. The number of piperidine rings is 1. The molecule has 1 aliphatic heterocycles. The number of amides is 2. The molecule has 26 heavy (non-hydrogen) atoms. The highest BCUT2D eigenvalue weighted by atomic mass is 32.2. The maximum Gasteiger partial charge on any atom is 0.407 e. The summed E-state index contributed by atoms with van der Waals surface area (Å²) in [5, 5.41) is 2.57. The zero-order valence-electron chi connectivity index (χ0n) is 16.3. The van der Waals surface area contributed by atoms with Crippen molar-refractivity contribution in [3.05, 3.63) is 0 Å². The van der Waals surface area contributed by atoms with Crippen molar-refractivity contribution in [1.82, 2.24) is 14.9 Å². The molecule has 0 spiro atoms. The Balaban J connectivity index is 2.28. The van der Waals surface area contributed by atoms with Crippen LogP contribution in [0.4, 0.5) is 4.79 Å². The molecule has 0 aliphatic carbocycles. The third-order valence-corrected chi connectivity index (χ3v) is 5.49. The topological polar surface area (TPSA) is 105 Å². The minimum Gasteiger partial charge on any atom is -0.444 e. The van der Waals surface area contributed by atoms with Crippen LogP contribution in [0.15, 0.2) is 0 Å². The van der Waals surface area contributed by atoms with Gasteiger partial charge in [-0.25, -0.2) is 17.9 Å². The van der Waals surface area contributed by atoms with Crippen LogP contribution < -0.4 is 10.0 Å². The van der Waals surface area contributed by atoms with E-state index in [1.807, 2.05) is 6.92 Å². The Kier molecular flexibility index (Phi) is 8.82. The first-order valence-electron chi connectivity index (χ1n) is 9.27. The van der Waals surface area contributed by atoms with E-state index in [4.69, 9.17) is 4.74 Å². The predicted octanol–water partition coefficient (Wildman–Crippen LogP) is 1.61. The Morgan fingerprint density at radius 2 is 1.81 bits per heavy atom. The van der Waals surface area contributed by atoms with Gasteiger partial charge in [-0.1, -0.05) is 13.3 Å². The van der Waals surface area contributed by atoms with E-state index < -0.39 is 21.7 Å². The minimum absolute atomic E-state index is 0.0478. The lowest BCUT2D eigenvalue weighted by atomic mass is 10.1. The SMILES string of the molecule is CCCCS(=O)(=O)NC1CCN(C(=O)CCNC(=O)OC(C)(C)C)CC1. The summed E-state index contributed by atoms with van der Waals surface area (Å²) in [6.07, 6.45) is 2.37. The van der Waals surface area contributed by atoms with Crippen LogP contribution in [0.2, 0.25) is 0 Å². The van der Waals surface area contributed by atoms with Gasteiger partial charge < -0.3 is 15.0 Å². The third-order valence-electron chi connectivity index (χ3n) is 3.97. The Hall–Kier alpha value is -1.35. The molecule has 1 saturated heterocycles. The Labute approximate surface area is 157 Å². The van der Waals surface area contributed by atoms with Gasteiger partial charge >= 0.3 is 6.09 Å². The van der Waals surface area contributed by atoms with Crippen LogP contribution in [0.3, 0.4) is 0 Å². The second kappa shape index (κ2) is 10.1. The normalized spacial score (nSPS) is 16.4. The van der Waals surface area contributed by atoms with E-state index in [2.05, 4.69) is 10.0 Å². The van der Waals surface area contributed by atoms with Crippen molar-refractivity contribution in [1.29, 1.82) is 0 Å². The zero-order chi connectivity index (χ0) is 19.8. The van der Waals surface area contributed by atoms with E-state index in [1.165, 1.54) is 0 Å². The molecule has 0 radical (unpaired) electrons. The second-order valence-electron chi connectivity index (χ2n) is 7.62. The maximum absolute atomic E-state index is 12.2. The Bertz CT molecular complexity index is 563. The first kappa shape index (κ1) is 22.7. The van der Waals surface area contributed by atoms with Gasteiger partial charge in [0.25, 0.3) is 0 Å². The standard InChI is InChI=1S/C17H33N3O5S/c1-5-6-13-26(23,24)19-14-8-11-20(12-9-14)15(21)7-10-18-16(22)25-17(2,3)4/h14,19H,5-13H2,1-4H3,(H,18,22). The molecule has 0 aromatic carbocycles. The van der Waals surface area contributed by atoms with Crippen molar-refractivity contribution in [2.45, 2.75) is 71.4 Å². The van der Waals surface area contributed by atoms with Gasteiger partial charge in [-0.2, -0.15) is 0 Å². The summed E-state index contributed by atoms with van der Waals surface area (Å²) in [5.74, 6) is 0.104. The number of hydrogen-bond acceptors (Lipinski definition) is 5. The predicted molar refractivity (Wildman–Crippen MR) is 100 cm³/mol. The quantitative estimate of drug-likeness (QED) is 0.654. The van der Waals surface area contributed by atoms with Crippen LogP contribution in [-0.4, -0.2) is 62.3 Å². The third kappa shape index (κ3) is 9.38. The summed E-state index contributed by atoms with van der Waals surface area (Å²) in [6.45, 7) is 8.54. The van der Waals surface area contributed by atoms with Crippen molar-refractivity contribution in [2.75, 3.05) is 25.4 Å². The fourth-order valence-corrected chi connectivity index (χ4v) is 4.17. The van der Waals surface area contributed by atoms with Gasteiger partial charge in [0.05, 0.1) is 5.75 Å². The molecule has 0 saturated carbocycles. The molecular formula is C17H33N3O5S. The number of sulfonamides is 1. The average Bonchev–Trinajstić information content (AvgIpc) is 2.51. The number of ether oxygens (including phenoxy) is 1. The maximum atomic E-state index is 12.2. The van der Waals surface area contributed by atoms with E-state index in [0.29, 0.717) is 32.4 Å². The van der Waals surface area contributed by atoms with Crippen LogP contribution in [0.25, 0.3) is 0 Å². The molecule has 8 nitrogen and oxygen atoms in total. The highest BCUT2D eigenvalue weighted by Crippen LogP contribution is 2.13. The molecule has 0 unspecified atom stereocenters. The average molecular weight is 392 g/mol. The van der Waals surface area contributed by atoms with Gasteiger partial charge in [0.2, 0.25) is 15.9 Å². The molecule has 9 heteroatoms. The van der Waals surface area contributed by atoms with Crippen LogP contribution in [0, 0.1) is 0 Å². The smallest absolute Gasteiger partial charge is 0.407 e.